The van der Waals surface area contributed by atoms with Crippen molar-refractivity contribution in [2.75, 3.05) is 13.7 Å². The molecule has 1 aromatic heterocycles. The van der Waals surface area contributed by atoms with Gasteiger partial charge in [-0.25, -0.2) is 4.79 Å². The van der Waals surface area contributed by atoms with E-state index in [9.17, 15) is 9.59 Å². The Morgan fingerprint density at radius 3 is 2.65 bits per heavy atom. The largest absolute Gasteiger partial charge is 0.493 e. The van der Waals surface area contributed by atoms with Crippen molar-refractivity contribution in [1.29, 1.82) is 0 Å². The fourth-order valence-corrected chi connectivity index (χ4v) is 2.57. The van der Waals surface area contributed by atoms with Gasteiger partial charge >= 0.3 is 5.69 Å². The monoisotopic (exact) mass is 352 g/mol. The van der Waals surface area contributed by atoms with Crippen molar-refractivity contribution in [3.8, 4) is 11.5 Å². The normalized spacial score (nSPS) is 11.2. The Morgan fingerprint density at radius 2 is 1.88 bits per heavy atom. The summed E-state index contributed by atoms with van der Waals surface area (Å²) in [7, 11) is 1.58. The van der Waals surface area contributed by atoms with Gasteiger partial charge in [-0.05, 0) is 48.4 Å². The molecule has 6 heteroatoms. The van der Waals surface area contributed by atoms with Gasteiger partial charge in [0, 0.05) is 5.56 Å². The first-order chi connectivity index (χ1) is 12.6. The van der Waals surface area contributed by atoms with Crippen LogP contribution in [-0.2, 0) is 0 Å². The predicted octanol–water partition coefficient (Wildman–Crippen LogP) is 3.55. The number of fused-ring (bicyclic) bond motifs is 1. The number of ketones is 1. The molecule has 0 fully saturated rings. The van der Waals surface area contributed by atoms with Gasteiger partial charge in [0.1, 0.15) is 0 Å². The van der Waals surface area contributed by atoms with Gasteiger partial charge in [0.05, 0.1) is 24.8 Å². The minimum Gasteiger partial charge on any atom is -0.493 e. The zero-order valence-corrected chi connectivity index (χ0v) is 14.7. The summed E-state index contributed by atoms with van der Waals surface area (Å²) in [5, 5.41) is 0. The third-order valence-electron chi connectivity index (χ3n) is 3.88. The Morgan fingerprint density at radius 1 is 1.08 bits per heavy atom. The molecule has 0 aliphatic carbocycles. The van der Waals surface area contributed by atoms with Crippen LogP contribution in [0, 0.1) is 0 Å². The Balaban J connectivity index is 1.79. The summed E-state index contributed by atoms with van der Waals surface area (Å²) in [5.41, 5.74) is 2.31. The molecule has 0 aliphatic heterocycles. The molecule has 3 aromatic rings. The molecule has 0 unspecified atom stereocenters. The molecule has 0 amide bonds. The van der Waals surface area contributed by atoms with Crippen LogP contribution in [0.5, 0.6) is 11.5 Å². The van der Waals surface area contributed by atoms with Gasteiger partial charge in [0.25, 0.3) is 0 Å². The van der Waals surface area contributed by atoms with Crippen molar-refractivity contribution in [2.24, 2.45) is 0 Å². The maximum absolute atomic E-state index is 12.4. The van der Waals surface area contributed by atoms with Gasteiger partial charge in [-0.15, -0.1) is 0 Å². The Hall–Kier alpha value is -3.28. The van der Waals surface area contributed by atoms with Gasteiger partial charge in [-0.2, -0.15) is 0 Å². The summed E-state index contributed by atoms with van der Waals surface area (Å²) in [5.74, 6) is 1.15. The number of aromatic amines is 2. The summed E-state index contributed by atoms with van der Waals surface area (Å²) < 4.78 is 11.0. The average molecular weight is 352 g/mol. The number of rotatable bonds is 7. The number of imidazole rings is 1. The molecule has 1 heterocycles. The minimum atomic E-state index is -0.294. The molecule has 26 heavy (non-hydrogen) atoms. The molecule has 2 aromatic carbocycles. The van der Waals surface area contributed by atoms with Crippen molar-refractivity contribution in [3.05, 3.63) is 64.1 Å². The van der Waals surface area contributed by atoms with E-state index >= 15 is 0 Å². The van der Waals surface area contributed by atoms with E-state index in [1.165, 1.54) is 6.08 Å². The number of carbonyl (C=O) groups excluding carboxylic acids is 1. The van der Waals surface area contributed by atoms with Gasteiger partial charge in [0.2, 0.25) is 0 Å². The van der Waals surface area contributed by atoms with Crippen molar-refractivity contribution in [3.63, 3.8) is 0 Å². The molecular formula is C20H20N2O4. The lowest BCUT2D eigenvalue weighted by Gasteiger charge is -2.10. The highest BCUT2D eigenvalue weighted by Gasteiger charge is 2.07. The Kier molecular flexibility index (Phi) is 5.22. The second kappa shape index (κ2) is 7.74. The number of methoxy groups -OCH3 is 1. The number of carbonyl (C=O) groups is 1. The van der Waals surface area contributed by atoms with E-state index < -0.39 is 0 Å². The smallest absolute Gasteiger partial charge is 0.323 e. The van der Waals surface area contributed by atoms with Crippen molar-refractivity contribution >= 4 is 22.9 Å². The lowest BCUT2D eigenvalue weighted by atomic mass is 10.1. The number of nitrogens with one attached hydrogen (secondary N) is 2. The van der Waals surface area contributed by atoms with Crippen LogP contribution in [0.2, 0.25) is 0 Å². The van der Waals surface area contributed by atoms with E-state index in [4.69, 9.17) is 9.47 Å². The van der Waals surface area contributed by atoms with E-state index in [0.717, 1.165) is 12.0 Å². The van der Waals surface area contributed by atoms with Crippen LogP contribution in [-0.4, -0.2) is 29.5 Å². The number of ether oxygens (including phenoxy) is 2. The van der Waals surface area contributed by atoms with Gasteiger partial charge in [0.15, 0.2) is 17.3 Å². The number of aromatic nitrogens is 2. The predicted molar refractivity (Wildman–Crippen MR) is 101 cm³/mol. The van der Waals surface area contributed by atoms with E-state index in [-0.39, 0.29) is 11.5 Å². The summed E-state index contributed by atoms with van der Waals surface area (Å²) in [6, 6.07) is 10.6. The highest BCUT2D eigenvalue weighted by atomic mass is 16.5. The maximum atomic E-state index is 12.4. The van der Waals surface area contributed by atoms with Crippen LogP contribution in [0.25, 0.3) is 17.1 Å². The second-order valence-corrected chi connectivity index (χ2v) is 5.80. The van der Waals surface area contributed by atoms with E-state index in [0.29, 0.717) is 34.7 Å². The first kappa shape index (κ1) is 17.5. The summed E-state index contributed by atoms with van der Waals surface area (Å²) in [6.07, 6.45) is 4.13. The molecule has 0 bridgehead atoms. The van der Waals surface area contributed by atoms with E-state index in [1.807, 2.05) is 25.1 Å². The standard InChI is InChI=1S/C20H20N2O4/c1-3-10-26-18-9-5-13(11-19(18)25-2)4-8-17(23)14-6-7-15-16(12-14)22-20(24)21-15/h4-9,11-12H,3,10H2,1-2H3,(H2,21,22,24). The third kappa shape index (κ3) is 3.85. The number of H-pyrrole nitrogens is 2. The molecule has 6 nitrogen and oxygen atoms in total. The second-order valence-electron chi connectivity index (χ2n) is 5.80. The molecule has 134 valence electrons. The van der Waals surface area contributed by atoms with E-state index in [1.54, 1.807) is 31.4 Å². The summed E-state index contributed by atoms with van der Waals surface area (Å²) in [6.45, 7) is 2.66. The zero-order chi connectivity index (χ0) is 18.5. The fourth-order valence-electron chi connectivity index (χ4n) is 2.57. The quantitative estimate of drug-likeness (QED) is 0.503. The first-order valence-electron chi connectivity index (χ1n) is 8.36. The number of hydrogen-bond donors (Lipinski definition) is 2. The molecule has 0 saturated carbocycles. The molecule has 0 radical (unpaired) electrons. The molecule has 0 spiro atoms. The van der Waals surface area contributed by atoms with E-state index in [2.05, 4.69) is 9.97 Å². The molecule has 0 aliphatic rings. The van der Waals surface area contributed by atoms with Crippen molar-refractivity contribution in [1.82, 2.24) is 9.97 Å². The van der Waals surface area contributed by atoms with Crippen LogP contribution >= 0.6 is 0 Å². The Labute approximate surface area is 150 Å². The number of benzene rings is 2. The number of allylic oxidation sites excluding steroid dienone is 1. The summed E-state index contributed by atoms with van der Waals surface area (Å²) >= 11 is 0. The topological polar surface area (TPSA) is 84.2 Å². The number of hydrogen-bond acceptors (Lipinski definition) is 4. The van der Waals surface area contributed by atoms with Crippen molar-refractivity contribution < 1.29 is 14.3 Å². The lowest BCUT2D eigenvalue weighted by molar-refractivity contribution is 0.104. The molecule has 2 N–H and O–H groups in total. The highest BCUT2D eigenvalue weighted by Crippen LogP contribution is 2.28. The SMILES string of the molecule is CCCOc1ccc(C=CC(=O)c2ccc3[nH]c(=O)[nH]c3c2)cc1OC. The molecular weight excluding hydrogens is 332 g/mol. The lowest BCUT2D eigenvalue weighted by Crippen LogP contribution is -1.99. The molecule has 0 atom stereocenters. The first-order valence-corrected chi connectivity index (χ1v) is 8.36. The van der Waals surface area contributed by atoms with Gasteiger partial charge in [-0.3, -0.25) is 4.79 Å². The molecule has 3 rings (SSSR count). The average Bonchev–Trinajstić information content (AvgIpc) is 3.03. The van der Waals surface area contributed by atoms with Crippen LogP contribution in [0.1, 0.15) is 29.3 Å². The van der Waals surface area contributed by atoms with Gasteiger partial charge in [-0.1, -0.05) is 19.1 Å². The zero-order valence-electron chi connectivity index (χ0n) is 14.7. The highest BCUT2D eigenvalue weighted by molar-refractivity contribution is 6.08. The van der Waals surface area contributed by atoms with Crippen LogP contribution in [0.4, 0.5) is 0 Å². The molecule has 0 saturated heterocycles. The maximum Gasteiger partial charge on any atom is 0.323 e. The van der Waals surface area contributed by atoms with Gasteiger partial charge < -0.3 is 19.4 Å². The fraction of sp³-hybridized carbons (Fsp3) is 0.200. The van der Waals surface area contributed by atoms with Crippen LogP contribution in [0.3, 0.4) is 0 Å². The minimum absolute atomic E-state index is 0.153. The summed E-state index contributed by atoms with van der Waals surface area (Å²) in [4.78, 5) is 29.0. The third-order valence-corrected chi connectivity index (χ3v) is 3.88. The van der Waals surface area contributed by atoms with Crippen LogP contribution in [0.15, 0.2) is 47.3 Å². The van der Waals surface area contributed by atoms with Crippen molar-refractivity contribution in [2.45, 2.75) is 13.3 Å². The Bertz CT molecular complexity index is 1010. The van der Waals surface area contributed by atoms with Crippen LogP contribution < -0.4 is 15.2 Å².